The van der Waals surface area contributed by atoms with Crippen LogP contribution in [0.5, 0.6) is 0 Å². The highest BCUT2D eigenvalue weighted by molar-refractivity contribution is 5.69. The van der Waals surface area contributed by atoms with Gasteiger partial charge in [0.2, 0.25) is 0 Å². The van der Waals surface area contributed by atoms with E-state index in [-0.39, 0.29) is 5.82 Å². The van der Waals surface area contributed by atoms with Crippen LogP contribution >= 0.6 is 0 Å². The van der Waals surface area contributed by atoms with Crippen molar-refractivity contribution in [3.8, 4) is 0 Å². The maximum absolute atomic E-state index is 12.9. The first kappa shape index (κ1) is 7.31. The lowest BCUT2D eigenvalue weighted by Crippen LogP contribution is -1.84. The second-order valence-electron chi connectivity index (χ2n) is 4.07. The average Bonchev–Trinajstić information content (AvgIpc) is 2.74. The van der Waals surface area contributed by atoms with E-state index in [0.29, 0.717) is 0 Å². The summed E-state index contributed by atoms with van der Waals surface area (Å²) in [7, 11) is 0. The van der Waals surface area contributed by atoms with E-state index >= 15 is 0 Å². The molecule has 0 spiro atoms. The summed E-state index contributed by atoms with van der Waals surface area (Å²) in [6.07, 6.45) is 4.84. The van der Waals surface area contributed by atoms with Crippen molar-refractivity contribution in [3.05, 3.63) is 41.7 Å². The fourth-order valence-corrected chi connectivity index (χ4v) is 2.22. The van der Waals surface area contributed by atoms with Crippen LogP contribution in [-0.4, -0.2) is 0 Å². The number of hydrogen-bond donors (Lipinski definition) is 0. The molecule has 1 fully saturated rings. The second-order valence-corrected chi connectivity index (χ2v) is 4.07. The molecular weight excluding hydrogens is 163 g/mol. The summed E-state index contributed by atoms with van der Waals surface area (Å²) < 4.78 is 12.9. The molecule has 0 nitrogen and oxygen atoms in total. The van der Waals surface area contributed by atoms with Crippen LogP contribution in [0.2, 0.25) is 0 Å². The van der Waals surface area contributed by atoms with Gasteiger partial charge in [-0.15, -0.1) is 0 Å². The minimum atomic E-state index is -0.126. The standard InChI is InChI=1S/C12H11F/c13-12-3-1-2-8(7-12)9-4-10-6-11(10)5-9/h1-4,7,10-11H,5-6H2/t10-,11+/m1/s1. The van der Waals surface area contributed by atoms with Crippen molar-refractivity contribution in [2.45, 2.75) is 12.8 Å². The Bertz CT molecular complexity index is 378. The first-order valence-corrected chi connectivity index (χ1v) is 4.79. The van der Waals surface area contributed by atoms with Crippen LogP contribution in [0.1, 0.15) is 18.4 Å². The lowest BCUT2D eigenvalue weighted by atomic mass is 10.0. The minimum Gasteiger partial charge on any atom is -0.207 e. The topological polar surface area (TPSA) is 0 Å². The van der Waals surface area contributed by atoms with Crippen LogP contribution in [-0.2, 0) is 0 Å². The van der Waals surface area contributed by atoms with Crippen molar-refractivity contribution in [3.63, 3.8) is 0 Å². The molecule has 3 rings (SSSR count). The van der Waals surface area contributed by atoms with Crippen molar-refractivity contribution in [1.82, 2.24) is 0 Å². The maximum Gasteiger partial charge on any atom is 0.123 e. The zero-order valence-corrected chi connectivity index (χ0v) is 7.33. The van der Waals surface area contributed by atoms with Gasteiger partial charge in [-0.2, -0.15) is 0 Å². The monoisotopic (exact) mass is 174 g/mol. The maximum atomic E-state index is 12.9. The zero-order chi connectivity index (χ0) is 8.84. The molecule has 0 aliphatic heterocycles. The van der Waals surface area contributed by atoms with E-state index in [2.05, 4.69) is 6.08 Å². The lowest BCUT2D eigenvalue weighted by molar-refractivity contribution is 0.627. The summed E-state index contributed by atoms with van der Waals surface area (Å²) in [6.45, 7) is 0. The van der Waals surface area contributed by atoms with Gasteiger partial charge in [-0.25, -0.2) is 4.39 Å². The van der Waals surface area contributed by atoms with Crippen molar-refractivity contribution in [2.24, 2.45) is 11.8 Å². The highest BCUT2D eigenvalue weighted by Crippen LogP contribution is 2.52. The Morgan fingerprint density at radius 1 is 1.31 bits per heavy atom. The molecule has 2 aliphatic carbocycles. The summed E-state index contributed by atoms with van der Waals surface area (Å²) >= 11 is 0. The number of rotatable bonds is 1. The third kappa shape index (κ3) is 1.19. The van der Waals surface area contributed by atoms with E-state index in [1.54, 1.807) is 12.1 Å². The summed E-state index contributed by atoms with van der Waals surface area (Å²) in [5.41, 5.74) is 2.42. The number of benzene rings is 1. The molecule has 0 heterocycles. The first-order chi connectivity index (χ1) is 6.33. The Labute approximate surface area is 77.1 Å². The Balaban J connectivity index is 1.96. The third-order valence-corrected chi connectivity index (χ3v) is 3.07. The van der Waals surface area contributed by atoms with Gasteiger partial charge in [0.25, 0.3) is 0 Å². The van der Waals surface area contributed by atoms with Gasteiger partial charge in [0.1, 0.15) is 5.82 Å². The van der Waals surface area contributed by atoms with Crippen LogP contribution in [0.4, 0.5) is 4.39 Å². The van der Waals surface area contributed by atoms with E-state index in [1.807, 2.05) is 6.07 Å². The number of hydrogen-bond acceptors (Lipinski definition) is 0. The van der Waals surface area contributed by atoms with Gasteiger partial charge < -0.3 is 0 Å². The predicted molar refractivity (Wildman–Crippen MR) is 50.6 cm³/mol. The van der Waals surface area contributed by atoms with Crippen molar-refractivity contribution in [1.29, 1.82) is 0 Å². The van der Waals surface area contributed by atoms with E-state index in [1.165, 1.54) is 18.1 Å². The van der Waals surface area contributed by atoms with Gasteiger partial charge in [0, 0.05) is 0 Å². The van der Waals surface area contributed by atoms with Crippen LogP contribution in [0, 0.1) is 17.7 Å². The Morgan fingerprint density at radius 2 is 2.23 bits per heavy atom. The molecule has 0 N–H and O–H groups in total. The zero-order valence-electron chi connectivity index (χ0n) is 7.33. The van der Waals surface area contributed by atoms with Crippen LogP contribution in [0.25, 0.3) is 5.57 Å². The van der Waals surface area contributed by atoms with Crippen molar-refractivity contribution < 1.29 is 4.39 Å². The third-order valence-electron chi connectivity index (χ3n) is 3.07. The molecule has 0 saturated heterocycles. The normalized spacial score (nSPS) is 29.8. The highest BCUT2D eigenvalue weighted by Gasteiger charge is 2.40. The number of allylic oxidation sites excluding steroid dienone is 2. The number of fused-ring (bicyclic) bond motifs is 1. The van der Waals surface area contributed by atoms with E-state index < -0.39 is 0 Å². The molecule has 0 amide bonds. The minimum absolute atomic E-state index is 0.126. The quantitative estimate of drug-likeness (QED) is 0.613. The second kappa shape index (κ2) is 2.44. The molecule has 13 heavy (non-hydrogen) atoms. The molecule has 66 valence electrons. The van der Waals surface area contributed by atoms with Crippen molar-refractivity contribution in [2.75, 3.05) is 0 Å². The molecule has 1 saturated carbocycles. The van der Waals surface area contributed by atoms with Gasteiger partial charge >= 0.3 is 0 Å². The smallest absolute Gasteiger partial charge is 0.123 e. The van der Waals surface area contributed by atoms with E-state index in [9.17, 15) is 4.39 Å². The Morgan fingerprint density at radius 3 is 2.92 bits per heavy atom. The molecular formula is C12H11F. The summed E-state index contributed by atoms with van der Waals surface area (Å²) in [5.74, 6) is 1.58. The van der Waals surface area contributed by atoms with E-state index in [4.69, 9.17) is 0 Å². The number of halogens is 1. The molecule has 1 aromatic carbocycles. The highest BCUT2D eigenvalue weighted by atomic mass is 19.1. The summed E-state index contributed by atoms with van der Waals surface area (Å²) in [4.78, 5) is 0. The average molecular weight is 174 g/mol. The van der Waals surface area contributed by atoms with Gasteiger partial charge in [-0.05, 0) is 47.9 Å². The molecule has 1 aromatic rings. The molecule has 0 unspecified atom stereocenters. The Hall–Kier alpha value is -1.11. The largest absolute Gasteiger partial charge is 0.207 e. The summed E-state index contributed by atoms with van der Waals surface area (Å²) in [5, 5.41) is 0. The van der Waals surface area contributed by atoms with Crippen LogP contribution in [0.15, 0.2) is 30.3 Å². The predicted octanol–water partition coefficient (Wildman–Crippen LogP) is 3.25. The van der Waals surface area contributed by atoms with Gasteiger partial charge in [-0.1, -0.05) is 18.2 Å². The first-order valence-electron chi connectivity index (χ1n) is 4.79. The van der Waals surface area contributed by atoms with Gasteiger partial charge in [0.05, 0.1) is 0 Å². The molecule has 0 bridgehead atoms. The fraction of sp³-hybridized carbons (Fsp3) is 0.333. The molecule has 2 atom stereocenters. The SMILES string of the molecule is Fc1cccc(C2=C[C@@H]3C[C@@H]3C2)c1. The fourth-order valence-electron chi connectivity index (χ4n) is 2.22. The lowest BCUT2D eigenvalue weighted by Gasteiger charge is -2.03. The molecule has 1 heteroatoms. The summed E-state index contributed by atoms with van der Waals surface area (Å²) in [6, 6.07) is 6.92. The molecule has 0 radical (unpaired) electrons. The van der Waals surface area contributed by atoms with E-state index in [0.717, 1.165) is 23.8 Å². The van der Waals surface area contributed by atoms with Gasteiger partial charge in [0.15, 0.2) is 0 Å². The van der Waals surface area contributed by atoms with Crippen LogP contribution < -0.4 is 0 Å². The van der Waals surface area contributed by atoms with Crippen molar-refractivity contribution >= 4 is 5.57 Å². The molecule has 2 aliphatic rings. The van der Waals surface area contributed by atoms with Gasteiger partial charge in [-0.3, -0.25) is 0 Å². The molecule has 0 aromatic heterocycles. The van der Waals surface area contributed by atoms with Crippen LogP contribution in [0.3, 0.4) is 0 Å². The Kier molecular flexibility index (Phi) is 1.37.